The number of benzene rings is 3. The van der Waals surface area contributed by atoms with Gasteiger partial charge in [0.15, 0.2) is 0 Å². The summed E-state index contributed by atoms with van der Waals surface area (Å²) in [4.78, 5) is 59.3. The molecule has 1 aliphatic rings. The number of carbonyl (C=O) groups is 4. The van der Waals surface area contributed by atoms with Gasteiger partial charge in [0, 0.05) is 42.2 Å². The molecule has 2 aromatic heterocycles. The number of nitrogens with zero attached hydrogens (tertiary/aromatic N) is 2. The number of imidazole rings is 1. The van der Waals surface area contributed by atoms with E-state index in [1.165, 1.54) is 17.1 Å². The second-order valence-electron chi connectivity index (χ2n) is 12.9. The summed E-state index contributed by atoms with van der Waals surface area (Å²) in [6.45, 7) is 5.30. The number of carbonyl (C=O) groups excluding carboxylic acids is 3. The van der Waals surface area contributed by atoms with Crippen LogP contribution in [0.1, 0.15) is 49.1 Å². The first-order valence-corrected chi connectivity index (χ1v) is 15.9. The van der Waals surface area contributed by atoms with Crippen molar-refractivity contribution >= 4 is 35.0 Å². The molecular weight excluding hydrogens is 626 g/mol. The fourth-order valence-corrected chi connectivity index (χ4v) is 6.18. The van der Waals surface area contributed by atoms with E-state index >= 15 is 0 Å². The van der Waals surface area contributed by atoms with Crippen LogP contribution in [0.15, 0.2) is 91.5 Å². The number of hydrogen-bond donors (Lipinski definition) is 4. The highest BCUT2D eigenvalue weighted by molar-refractivity contribution is 5.94. The van der Waals surface area contributed by atoms with Crippen LogP contribution < -0.4 is 10.6 Å². The van der Waals surface area contributed by atoms with Crippen molar-refractivity contribution in [2.24, 2.45) is 0 Å². The number of rotatable bonds is 10. The molecule has 2 heterocycles. The Labute approximate surface area is 282 Å². The molecule has 0 saturated heterocycles. The van der Waals surface area contributed by atoms with Crippen molar-refractivity contribution in [2.75, 3.05) is 6.61 Å². The topological polar surface area (TPSA) is 165 Å². The minimum Gasteiger partial charge on any atom is -0.480 e. The molecule has 4 N–H and O–H groups in total. The lowest BCUT2D eigenvalue weighted by atomic mass is 9.98. The maximum Gasteiger partial charge on any atom is 0.419 e. The van der Waals surface area contributed by atoms with Crippen molar-refractivity contribution in [1.29, 1.82) is 0 Å². The summed E-state index contributed by atoms with van der Waals surface area (Å²) in [6.07, 6.45) is 2.86. The largest absolute Gasteiger partial charge is 0.480 e. The minimum atomic E-state index is -1.32. The first kappa shape index (κ1) is 33.0. The van der Waals surface area contributed by atoms with Gasteiger partial charge in [-0.25, -0.2) is 19.4 Å². The van der Waals surface area contributed by atoms with Gasteiger partial charge in [-0.15, -0.1) is 0 Å². The molecule has 3 aromatic carbocycles. The van der Waals surface area contributed by atoms with Gasteiger partial charge in [0.05, 0.1) is 11.8 Å². The zero-order valence-electron chi connectivity index (χ0n) is 27.3. The highest BCUT2D eigenvalue weighted by Crippen LogP contribution is 2.44. The van der Waals surface area contributed by atoms with E-state index < -0.39 is 41.7 Å². The van der Waals surface area contributed by atoms with Crippen LogP contribution in [0.4, 0.5) is 9.59 Å². The summed E-state index contributed by atoms with van der Waals surface area (Å²) in [7, 11) is 0. The highest BCUT2D eigenvalue weighted by atomic mass is 16.6. The summed E-state index contributed by atoms with van der Waals surface area (Å²) in [6, 6.07) is 20.4. The molecule has 0 fully saturated rings. The van der Waals surface area contributed by atoms with Crippen LogP contribution in [0.3, 0.4) is 0 Å². The van der Waals surface area contributed by atoms with E-state index in [9.17, 15) is 24.3 Å². The average Bonchev–Trinajstić information content (AvgIpc) is 3.79. The van der Waals surface area contributed by atoms with Crippen molar-refractivity contribution in [3.63, 3.8) is 0 Å². The molecule has 2 atom stereocenters. The van der Waals surface area contributed by atoms with Gasteiger partial charge >= 0.3 is 18.2 Å². The molecule has 0 aliphatic heterocycles. The van der Waals surface area contributed by atoms with Crippen molar-refractivity contribution in [3.8, 4) is 11.1 Å². The molecule has 0 radical (unpaired) electrons. The number of carboxylic acids is 1. The van der Waals surface area contributed by atoms with Crippen molar-refractivity contribution < 1.29 is 33.8 Å². The molecule has 0 saturated carbocycles. The summed E-state index contributed by atoms with van der Waals surface area (Å²) >= 11 is 0. The Morgan fingerprint density at radius 3 is 2.18 bits per heavy atom. The number of aromatic nitrogens is 3. The molecule has 0 spiro atoms. The fraction of sp³-hybridized carbons (Fsp3) is 0.270. The molecule has 0 bridgehead atoms. The third-order valence-corrected chi connectivity index (χ3v) is 8.35. The number of amides is 2. The van der Waals surface area contributed by atoms with E-state index in [0.29, 0.717) is 22.2 Å². The van der Waals surface area contributed by atoms with Crippen LogP contribution in [0, 0.1) is 0 Å². The molecule has 5 aromatic rings. The van der Waals surface area contributed by atoms with Crippen LogP contribution >= 0.6 is 0 Å². The van der Waals surface area contributed by atoms with Crippen LogP contribution in [-0.4, -0.2) is 68.0 Å². The number of H-pyrrole nitrogens is 1. The van der Waals surface area contributed by atoms with Crippen molar-refractivity contribution in [3.05, 3.63) is 114 Å². The molecular formula is C37H37N5O7. The van der Waals surface area contributed by atoms with Gasteiger partial charge in [0.25, 0.3) is 0 Å². The molecule has 2 amide bonds. The van der Waals surface area contributed by atoms with Gasteiger partial charge in [-0.05, 0) is 54.7 Å². The maximum atomic E-state index is 13.8. The molecule has 1 aliphatic carbocycles. The van der Waals surface area contributed by atoms with Crippen LogP contribution in [-0.2, 0) is 31.9 Å². The molecule has 6 rings (SSSR count). The van der Waals surface area contributed by atoms with E-state index in [4.69, 9.17) is 9.47 Å². The van der Waals surface area contributed by atoms with Gasteiger partial charge in [-0.1, -0.05) is 66.7 Å². The second-order valence-corrected chi connectivity index (χ2v) is 12.9. The van der Waals surface area contributed by atoms with Crippen LogP contribution in [0.2, 0.25) is 0 Å². The number of para-hydroxylation sites is 1. The Morgan fingerprint density at radius 1 is 0.898 bits per heavy atom. The van der Waals surface area contributed by atoms with E-state index in [-0.39, 0.29) is 25.4 Å². The maximum absolute atomic E-state index is 13.8. The number of fused-ring (bicyclic) bond motifs is 4. The predicted molar refractivity (Wildman–Crippen MR) is 181 cm³/mol. The first-order valence-electron chi connectivity index (χ1n) is 15.9. The fourth-order valence-electron chi connectivity index (χ4n) is 6.18. The second kappa shape index (κ2) is 13.7. The number of hydrogen-bond acceptors (Lipinski definition) is 7. The molecule has 49 heavy (non-hydrogen) atoms. The van der Waals surface area contributed by atoms with E-state index in [0.717, 1.165) is 22.3 Å². The number of alkyl carbamates (subject to hydrolysis) is 1. The molecule has 12 heteroatoms. The number of carboxylic acid groups (broad SMARTS) is 1. The molecule has 12 nitrogen and oxygen atoms in total. The molecule has 252 valence electrons. The highest BCUT2D eigenvalue weighted by Gasteiger charge is 2.32. The number of aromatic amines is 1. The van der Waals surface area contributed by atoms with E-state index in [1.54, 1.807) is 51.2 Å². The Kier molecular flexibility index (Phi) is 9.21. The summed E-state index contributed by atoms with van der Waals surface area (Å²) in [5, 5.41) is 15.8. The van der Waals surface area contributed by atoms with Crippen molar-refractivity contribution in [1.82, 2.24) is 25.2 Å². The number of nitrogens with one attached hydrogen (secondary N) is 3. The Balaban J connectivity index is 1.26. The van der Waals surface area contributed by atoms with Gasteiger partial charge in [-0.2, -0.15) is 0 Å². The molecule has 0 unspecified atom stereocenters. The predicted octanol–water partition coefficient (Wildman–Crippen LogP) is 5.41. The Hall–Kier alpha value is -5.91. The van der Waals surface area contributed by atoms with E-state index in [1.807, 2.05) is 48.5 Å². The van der Waals surface area contributed by atoms with Gasteiger partial charge < -0.3 is 30.2 Å². The summed E-state index contributed by atoms with van der Waals surface area (Å²) in [5.41, 5.74) is 5.07. The minimum absolute atomic E-state index is 0.0176. The first-order chi connectivity index (χ1) is 23.5. The van der Waals surface area contributed by atoms with Gasteiger partial charge in [-0.3, -0.25) is 9.36 Å². The standard InChI is InChI=1S/C37H37N5O7/c1-37(2,3)49-36(47)42-19-22(24-10-8-9-15-32(24)42)16-30(33(43)40-31(34(44)45)17-23-18-38-21-39-23)41-35(46)48-20-29-27-13-6-4-11-25(27)26-12-5-7-14-28(26)29/h4-15,18-19,21,29-31H,16-17,20H2,1-3H3,(H,38,39)(H,40,43)(H,41,46)(H,44,45)/t30-,31+/m1/s1. The normalized spacial score (nSPS) is 13.6. The Morgan fingerprint density at radius 2 is 1.55 bits per heavy atom. The average molecular weight is 664 g/mol. The van der Waals surface area contributed by atoms with Crippen LogP contribution in [0.5, 0.6) is 0 Å². The third kappa shape index (κ3) is 7.33. The zero-order chi connectivity index (χ0) is 34.7. The Bertz CT molecular complexity index is 1970. The number of ether oxygens (including phenoxy) is 2. The smallest absolute Gasteiger partial charge is 0.419 e. The van der Waals surface area contributed by atoms with Crippen LogP contribution in [0.25, 0.3) is 22.0 Å². The summed E-state index contributed by atoms with van der Waals surface area (Å²) < 4.78 is 12.7. The van der Waals surface area contributed by atoms with Crippen molar-refractivity contribution in [2.45, 2.75) is 57.2 Å². The monoisotopic (exact) mass is 663 g/mol. The lowest BCUT2D eigenvalue weighted by Crippen LogP contribution is -2.53. The zero-order valence-corrected chi connectivity index (χ0v) is 27.3. The SMILES string of the molecule is CC(C)(C)OC(=O)n1cc(C[C@@H](NC(=O)OCC2c3ccccc3-c3ccccc32)C(=O)N[C@@H](Cc2cnc[nH]2)C(=O)O)c2ccccc21. The summed E-state index contributed by atoms with van der Waals surface area (Å²) in [5.74, 6) is -2.21. The van der Waals surface area contributed by atoms with E-state index in [2.05, 4.69) is 20.6 Å². The van der Waals surface area contributed by atoms with Gasteiger partial charge in [0.1, 0.15) is 24.3 Å². The lowest BCUT2D eigenvalue weighted by Gasteiger charge is -2.22. The number of aliphatic carboxylic acids is 1. The van der Waals surface area contributed by atoms with Gasteiger partial charge in [0.2, 0.25) is 5.91 Å². The quantitative estimate of drug-likeness (QED) is 0.154. The third-order valence-electron chi connectivity index (χ3n) is 8.35. The lowest BCUT2D eigenvalue weighted by molar-refractivity contribution is -0.142.